The Bertz CT molecular complexity index is 531. The number of pyridine rings is 1. The topological polar surface area (TPSA) is 22.1 Å². The van der Waals surface area contributed by atoms with E-state index in [0.29, 0.717) is 16.2 Å². The van der Waals surface area contributed by atoms with E-state index in [4.69, 9.17) is 16.3 Å². The van der Waals surface area contributed by atoms with Crippen LogP contribution in [0.4, 0.5) is 0 Å². The minimum Gasteiger partial charge on any atom is -0.438 e. The van der Waals surface area contributed by atoms with Crippen molar-refractivity contribution in [3.05, 3.63) is 52.7 Å². The molecular weight excluding hydrogens is 302 g/mol. The fourth-order valence-corrected chi connectivity index (χ4v) is 1.99. The van der Waals surface area contributed by atoms with Crippen molar-refractivity contribution in [3.8, 4) is 11.6 Å². The number of ether oxygens (including phenoxy) is 1. The third-order valence-corrected chi connectivity index (χ3v) is 3.19. The molecule has 2 rings (SSSR count). The number of alkyl halides is 1. The predicted octanol–water partition coefficient (Wildman–Crippen LogP) is 4.73. The van der Waals surface area contributed by atoms with Gasteiger partial charge in [-0.2, -0.15) is 0 Å². The largest absolute Gasteiger partial charge is 0.438 e. The summed E-state index contributed by atoms with van der Waals surface area (Å²) in [6.45, 7) is 1.97. The van der Waals surface area contributed by atoms with Gasteiger partial charge in [-0.05, 0) is 30.7 Å². The van der Waals surface area contributed by atoms with Crippen LogP contribution in [-0.2, 0) is 5.33 Å². The minimum absolute atomic E-state index is 0.606. The van der Waals surface area contributed by atoms with E-state index in [-0.39, 0.29) is 0 Å². The van der Waals surface area contributed by atoms with Crippen LogP contribution >= 0.6 is 27.5 Å². The van der Waals surface area contributed by atoms with Crippen molar-refractivity contribution in [1.29, 1.82) is 0 Å². The second-order valence-corrected chi connectivity index (χ2v) is 4.61. The summed E-state index contributed by atoms with van der Waals surface area (Å²) in [6, 6.07) is 9.41. The number of nitrogens with zero attached hydrogens (tertiary/aromatic N) is 1. The fourth-order valence-electron chi connectivity index (χ4n) is 1.41. The van der Waals surface area contributed by atoms with E-state index in [0.717, 1.165) is 16.9 Å². The fraction of sp³-hybridized carbons (Fsp3) is 0.154. The lowest BCUT2D eigenvalue weighted by molar-refractivity contribution is 0.455. The zero-order chi connectivity index (χ0) is 12.3. The average Bonchev–Trinajstić information content (AvgIpc) is 2.34. The highest BCUT2D eigenvalue weighted by Crippen LogP contribution is 2.29. The van der Waals surface area contributed by atoms with E-state index in [1.54, 1.807) is 12.3 Å². The van der Waals surface area contributed by atoms with Crippen LogP contribution < -0.4 is 4.74 Å². The number of hydrogen-bond donors (Lipinski definition) is 0. The Morgan fingerprint density at radius 3 is 2.94 bits per heavy atom. The summed E-state index contributed by atoms with van der Waals surface area (Å²) < 4.78 is 5.79. The van der Waals surface area contributed by atoms with Gasteiger partial charge in [0.15, 0.2) is 0 Å². The lowest BCUT2D eigenvalue weighted by Crippen LogP contribution is -1.94. The summed E-state index contributed by atoms with van der Waals surface area (Å²) in [5.41, 5.74) is 2.03. The Balaban J connectivity index is 2.34. The predicted molar refractivity (Wildman–Crippen MR) is 73.1 cm³/mol. The van der Waals surface area contributed by atoms with Gasteiger partial charge in [0.05, 0.1) is 0 Å². The van der Waals surface area contributed by atoms with Crippen molar-refractivity contribution in [2.24, 2.45) is 0 Å². The standard InChI is InChI=1S/C13H11BrClNO/c1-9-4-5-11(15)7-12(9)17-13-10(8-14)3-2-6-16-13/h2-7H,8H2,1H3. The molecule has 2 aromatic rings. The van der Waals surface area contributed by atoms with E-state index >= 15 is 0 Å². The van der Waals surface area contributed by atoms with Crippen LogP contribution in [0.5, 0.6) is 11.6 Å². The molecule has 0 radical (unpaired) electrons. The van der Waals surface area contributed by atoms with E-state index in [1.165, 1.54) is 0 Å². The van der Waals surface area contributed by atoms with Crippen molar-refractivity contribution in [1.82, 2.24) is 4.98 Å². The van der Waals surface area contributed by atoms with Gasteiger partial charge in [-0.25, -0.2) is 4.98 Å². The van der Waals surface area contributed by atoms with E-state index in [9.17, 15) is 0 Å². The molecule has 0 unspecified atom stereocenters. The second kappa shape index (κ2) is 5.52. The molecule has 0 aliphatic rings. The second-order valence-electron chi connectivity index (χ2n) is 3.61. The van der Waals surface area contributed by atoms with Crippen molar-refractivity contribution in [3.63, 3.8) is 0 Å². The number of aromatic nitrogens is 1. The first kappa shape index (κ1) is 12.4. The Labute approximate surface area is 114 Å². The maximum absolute atomic E-state index is 5.95. The molecule has 0 spiro atoms. The number of rotatable bonds is 3. The first-order valence-corrected chi connectivity index (χ1v) is 6.64. The zero-order valence-corrected chi connectivity index (χ0v) is 11.6. The summed E-state index contributed by atoms with van der Waals surface area (Å²) >= 11 is 9.36. The molecule has 0 N–H and O–H groups in total. The molecule has 0 saturated carbocycles. The molecule has 1 aromatic heterocycles. The van der Waals surface area contributed by atoms with Crippen LogP contribution in [0.15, 0.2) is 36.5 Å². The highest BCUT2D eigenvalue weighted by Gasteiger charge is 2.07. The number of halogens is 2. The molecule has 0 atom stereocenters. The summed E-state index contributed by atoms with van der Waals surface area (Å²) in [5.74, 6) is 1.34. The molecule has 0 aliphatic heterocycles. The monoisotopic (exact) mass is 311 g/mol. The Kier molecular flexibility index (Phi) is 4.02. The molecule has 2 nitrogen and oxygen atoms in total. The van der Waals surface area contributed by atoms with Gasteiger partial charge in [0.1, 0.15) is 5.75 Å². The Morgan fingerprint density at radius 2 is 2.18 bits per heavy atom. The lowest BCUT2D eigenvalue weighted by atomic mass is 10.2. The van der Waals surface area contributed by atoms with Gasteiger partial charge in [0, 0.05) is 22.1 Å². The van der Waals surface area contributed by atoms with Gasteiger partial charge in [-0.1, -0.05) is 39.7 Å². The van der Waals surface area contributed by atoms with Crippen molar-refractivity contribution in [2.45, 2.75) is 12.3 Å². The molecule has 4 heteroatoms. The molecule has 0 aliphatic carbocycles. The normalized spacial score (nSPS) is 10.3. The number of benzene rings is 1. The van der Waals surface area contributed by atoms with Crippen molar-refractivity contribution >= 4 is 27.5 Å². The zero-order valence-electron chi connectivity index (χ0n) is 9.28. The highest BCUT2D eigenvalue weighted by molar-refractivity contribution is 9.08. The van der Waals surface area contributed by atoms with Crippen molar-refractivity contribution < 1.29 is 4.74 Å². The number of hydrogen-bond acceptors (Lipinski definition) is 2. The van der Waals surface area contributed by atoms with Gasteiger partial charge in [0.25, 0.3) is 0 Å². The van der Waals surface area contributed by atoms with Gasteiger partial charge in [0.2, 0.25) is 5.88 Å². The summed E-state index contributed by atoms with van der Waals surface area (Å²) in [4.78, 5) is 4.22. The number of aryl methyl sites for hydroxylation is 1. The smallest absolute Gasteiger partial charge is 0.223 e. The van der Waals surface area contributed by atoms with Crippen LogP contribution in [0.1, 0.15) is 11.1 Å². The van der Waals surface area contributed by atoms with Crippen LogP contribution in [0.3, 0.4) is 0 Å². The average molecular weight is 313 g/mol. The van der Waals surface area contributed by atoms with Crippen LogP contribution in [0.2, 0.25) is 5.02 Å². The molecule has 0 saturated heterocycles. The Morgan fingerprint density at radius 1 is 1.35 bits per heavy atom. The van der Waals surface area contributed by atoms with Gasteiger partial charge >= 0.3 is 0 Å². The molecular formula is C13H11BrClNO. The molecule has 88 valence electrons. The maximum atomic E-state index is 5.95. The first-order valence-electron chi connectivity index (χ1n) is 5.14. The first-order chi connectivity index (χ1) is 8.20. The summed E-state index contributed by atoms with van der Waals surface area (Å²) in [6.07, 6.45) is 1.71. The van der Waals surface area contributed by atoms with Gasteiger partial charge in [-0.15, -0.1) is 0 Å². The van der Waals surface area contributed by atoms with Crippen molar-refractivity contribution in [2.75, 3.05) is 0 Å². The SMILES string of the molecule is Cc1ccc(Cl)cc1Oc1ncccc1CBr. The highest BCUT2D eigenvalue weighted by atomic mass is 79.9. The van der Waals surface area contributed by atoms with E-state index in [1.807, 2.05) is 31.2 Å². The third-order valence-electron chi connectivity index (χ3n) is 2.35. The molecule has 1 aromatic carbocycles. The quantitative estimate of drug-likeness (QED) is 0.764. The van der Waals surface area contributed by atoms with E-state index < -0.39 is 0 Å². The van der Waals surface area contributed by atoms with Gasteiger partial charge in [-0.3, -0.25) is 0 Å². The molecule has 17 heavy (non-hydrogen) atoms. The Hall–Kier alpha value is -1.06. The van der Waals surface area contributed by atoms with Gasteiger partial charge < -0.3 is 4.74 Å². The van der Waals surface area contributed by atoms with E-state index in [2.05, 4.69) is 20.9 Å². The molecule has 1 heterocycles. The molecule has 0 amide bonds. The minimum atomic E-state index is 0.606. The summed E-state index contributed by atoms with van der Waals surface area (Å²) in [5, 5.41) is 1.36. The maximum Gasteiger partial charge on any atom is 0.223 e. The van der Waals surface area contributed by atoms with Crippen LogP contribution in [-0.4, -0.2) is 4.98 Å². The third kappa shape index (κ3) is 2.99. The summed E-state index contributed by atoms with van der Waals surface area (Å²) in [7, 11) is 0. The molecule has 0 bridgehead atoms. The lowest BCUT2D eigenvalue weighted by Gasteiger charge is -2.10. The van der Waals surface area contributed by atoms with Crippen LogP contribution in [0, 0.1) is 6.92 Å². The van der Waals surface area contributed by atoms with Crippen LogP contribution in [0.25, 0.3) is 0 Å². The molecule has 0 fully saturated rings.